The van der Waals surface area contributed by atoms with Gasteiger partial charge in [0.15, 0.2) is 0 Å². The summed E-state index contributed by atoms with van der Waals surface area (Å²) in [6, 6.07) is 6.77. The van der Waals surface area contributed by atoms with Crippen LogP contribution in [0.3, 0.4) is 0 Å². The number of benzene rings is 1. The van der Waals surface area contributed by atoms with E-state index in [4.69, 9.17) is 4.52 Å². The topological polar surface area (TPSA) is 34.2 Å². The molecular weight excluding hydrogens is 310 g/mol. The van der Waals surface area contributed by atoms with Crippen molar-refractivity contribution in [1.82, 2.24) is 14.6 Å². The van der Waals surface area contributed by atoms with Crippen LogP contribution >= 0.6 is 0 Å². The van der Waals surface area contributed by atoms with E-state index >= 15 is 0 Å². The van der Waals surface area contributed by atoms with Gasteiger partial charge in [0.1, 0.15) is 5.76 Å². The molecule has 4 heteroatoms. The van der Waals surface area contributed by atoms with Crippen molar-refractivity contribution in [2.75, 3.05) is 13.6 Å². The molecule has 0 radical (unpaired) electrons. The highest BCUT2D eigenvalue weighted by Crippen LogP contribution is 2.33. The zero-order valence-electron chi connectivity index (χ0n) is 15.7. The van der Waals surface area contributed by atoms with Gasteiger partial charge in [-0.05, 0) is 58.0 Å². The number of fused-ring (bicyclic) bond motifs is 3. The number of aromatic nitrogens is 2. The molecule has 0 saturated heterocycles. The summed E-state index contributed by atoms with van der Waals surface area (Å²) in [4.78, 5) is 2.40. The lowest BCUT2D eigenvalue weighted by Gasteiger charge is -2.23. The van der Waals surface area contributed by atoms with Crippen molar-refractivity contribution in [2.24, 2.45) is 0 Å². The summed E-state index contributed by atoms with van der Waals surface area (Å²) in [5, 5.41) is 5.49. The zero-order valence-corrected chi connectivity index (χ0v) is 15.7. The Bertz CT molecular complexity index is 971. The van der Waals surface area contributed by atoms with Crippen LogP contribution in [0.25, 0.3) is 22.7 Å². The zero-order chi connectivity index (χ0) is 17.7. The molecule has 0 unspecified atom stereocenters. The van der Waals surface area contributed by atoms with Gasteiger partial charge in [0.05, 0.1) is 11.2 Å². The molecule has 0 fully saturated rings. The Morgan fingerprint density at radius 1 is 1.24 bits per heavy atom. The average molecular weight is 335 g/mol. The van der Waals surface area contributed by atoms with Crippen LogP contribution in [-0.2, 0) is 13.0 Å². The third-order valence-electron chi connectivity index (χ3n) is 5.28. The second kappa shape index (κ2) is 5.88. The van der Waals surface area contributed by atoms with Gasteiger partial charge < -0.3 is 14.0 Å². The summed E-state index contributed by atoms with van der Waals surface area (Å²) in [5.41, 5.74) is 8.77. The first-order valence-electron chi connectivity index (χ1n) is 8.88. The van der Waals surface area contributed by atoms with E-state index in [9.17, 15) is 0 Å². The van der Waals surface area contributed by atoms with Crippen molar-refractivity contribution in [2.45, 2.75) is 40.7 Å². The number of aryl methyl sites for hydroxylation is 3. The highest BCUT2D eigenvalue weighted by Gasteiger charge is 2.22. The van der Waals surface area contributed by atoms with Gasteiger partial charge in [-0.15, -0.1) is 0 Å². The smallest absolute Gasteiger partial charge is 0.141 e. The molecule has 2 aromatic heterocycles. The monoisotopic (exact) mass is 335 g/mol. The van der Waals surface area contributed by atoms with E-state index in [0.717, 1.165) is 36.5 Å². The van der Waals surface area contributed by atoms with E-state index in [-0.39, 0.29) is 0 Å². The normalized spacial score (nSPS) is 15.8. The Hall–Kier alpha value is -2.33. The number of likely N-dealkylation sites (N-methyl/N-ethyl adjacent to an activating group) is 1. The molecule has 4 rings (SSSR count). The first kappa shape index (κ1) is 16.2. The molecule has 25 heavy (non-hydrogen) atoms. The predicted molar refractivity (Wildman–Crippen MR) is 103 cm³/mol. The van der Waals surface area contributed by atoms with Crippen LogP contribution in [0.1, 0.15) is 40.8 Å². The molecule has 0 amide bonds. The van der Waals surface area contributed by atoms with Crippen molar-refractivity contribution in [3.8, 4) is 0 Å². The molecule has 1 aliphatic rings. The van der Waals surface area contributed by atoms with Crippen molar-refractivity contribution >= 4 is 22.7 Å². The van der Waals surface area contributed by atoms with Gasteiger partial charge in [-0.1, -0.05) is 16.8 Å². The third kappa shape index (κ3) is 2.61. The molecule has 4 nitrogen and oxygen atoms in total. The van der Waals surface area contributed by atoms with Crippen LogP contribution in [0.2, 0.25) is 0 Å². The fourth-order valence-corrected chi connectivity index (χ4v) is 4.09. The summed E-state index contributed by atoms with van der Waals surface area (Å²) >= 11 is 0. The Morgan fingerprint density at radius 3 is 2.76 bits per heavy atom. The lowest BCUT2D eigenvalue weighted by molar-refractivity contribution is 0.312. The van der Waals surface area contributed by atoms with Crippen molar-refractivity contribution in [3.05, 3.63) is 52.0 Å². The Balaban J connectivity index is 1.95. The third-order valence-corrected chi connectivity index (χ3v) is 5.28. The van der Waals surface area contributed by atoms with Gasteiger partial charge >= 0.3 is 0 Å². The van der Waals surface area contributed by atoms with E-state index in [0.29, 0.717) is 0 Å². The minimum atomic E-state index is 0.882. The second-order valence-electron chi connectivity index (χ2n) is 7.31. The molecule has 0 aliphatic carbocycles. The number of hydrogen-bond acceptors (Lipinski definition) is 3. The summed E-state index contributed by atoms with van der Waals surface area (Å²) in [7, 11) is 2.20. The molecule has 0 atom stereocenters. The molecule has 0 spiro atoms. The van der Waals surface area contributed by atoms with Crippen LogP contribution in [0.4, 0.5) is 0 Å². The fraction of sp³-hybridized carbons (Fsp3) is 0.381. The summed E-state index contributed by atoms with van der Waals surface area (Å²) in [6.07, 6.45) is 3.33. The summed E-state index contributed by atoms with van der Waals surface area (Å²) in [6.45, 7) is 10.4. The maximum absolute atomic E-state index is 5.36. The molecular formula is C21H25N3O. The van der Waals surface area contributed by atoms with E-state index < -0.39 is 0 Å². The van der Waals surface area contributed by atoms with Gasteiger partial charge in [0, 0.05) is 42.4 Å². The standard InChI is InChI=1S/C21H25N3O/c1-13-6-7-19-17(10-13)18-12-23(5)9-8-20(18)24(19)11-14(2)21-15(3)22-25-16(21)4/h6-7,10-11H,8-9,12H2,1-5H3/b14-11+. The molecule has 130 valence electrons. The maximum Gasteiger partial charge on any atom is 0.141 e. The molecule has 3 heterocycles. The predicted octanol–water partition coefficient (Wildman–Crippen LogP) is 4.56. The number of hydrogen-bond donors (Lipinski definition) is 0. The maximum atomic E-state index is 5.36. The number of nitrogens with zero attached hydrogens (tertiary/aromatic N) is 3. The highest BCUT2D eigenvalue weighted by molar-refractivity contribution is 5.90. The van der Waals surface area contributed by atoms with E-state index in [1.165, 1.54) is 33.3 Å². The van der Waals surface area contributed by atoms with Gasteiger partial charge in [-0.3, -0.25) is 0 Å². The summed E-state index contributed by atoms with van der Waals surface area (Å²) in [5.74, 6) is 0.882. The van der Waals surface area contributed by atoms with Crippen LogP contribution in [0.15, 0.2) is 22.7 Å². The van der Waals surface area contributed by atoms with Gasteiger partial charge in [-0.25, -0.2) is 0 Å². The SMILES string of the molecule is C/C(=C\n1c2c(c3cc(C)ccc31)CN(C)CC2)c1c(C)noc1C. The van der Waals surface area contributed by atoms with Crippen LogP contribution in [-0.4, -0.2) is 28.2 Å². The van der Waals surface area contributed by atoms with E-state index in [1.54, 1.807) is 0 Å². The lowest BCUT2D eigenvalue weighted by Crippen LogP contribution is -2.26. The average Bonchev–Trinajstić information content (AvgIpc) is 3.05. The molecule has 1 aromatic carbocycles. The minimum Gasteiger partial charge on any atom is -0.361 e. The number of allylic oxidation sites excluding steroid dienone is 1. The fourth-order valence-electron chi connectivity index (χ4n) is 4.09. The van der Waals surface area contributed by atoms with Crippen molar-refractivity contribution in [3.63, 3.8) is 0 Å². The molecule has 0 bridgehead atoms. The number of rotatable bonds is 2. The Labute approximate surface area is 148 Å². The largest absolute Gasteiger partial charge is 0.361 e. The second-order valence-corrected chi connectivity index (χ2v) is 7.31. The molecule has 1 aliphatic heterocycles. The van der Waals surface area contributed by atoms with Crippen molar-refractivity contribution in [1.29, 1.82) is 0 Å². The quantitative estimate of drug-likeness (QED) is 0.688. The summed E-state index contributed by atoms with van der Waals surface area (Å²) < 4.78 is 7.75. The minimum absolute atomic E-state index is 0.882. The van der Waals surface area contributed by atoms with Gasteiger partial charge in [0.2, 0.25) is 0 Å². The van der Waals surface area contributed by atoms with Gasteiger partial charge in [-0.2, -0.15) is 0 Å². The van der Waals surface area contributed by atoms with Crippen LogP contribution in [0.5, 0.6) is 0 Å². The Kier molecular flexibility index (Phi) is 3.80. The van der Waals surface area contributed by atoms with Gasteiger partial charge in [0.25, 0.3) is 0 Å². The van der Waals surface area contributed by atoms with E-state index in [2.05, 4.69) is 59.9 Å². The Morgan fingerprint density at radius 2 is 2.04 bits per heavy atom. The molecule has 0 N–H and O–H groups in total. The molecule has 3 aromatic rings. The molecule has 0 saturated carbocycles. The van der Waals surface area contributed by atoms with Crippen molar-refractivity contribution < 1.29 is 4.52 Å². The lowest BCUT2D eigenvalue weighted by atomic mass is 10.0. The van der Waals surface area contributed by atoms with Crippen LogP contribution in [0, 0.1) is 20.8 Å². The first-order valence-corrected chi connectivity index (χ1v) is 8.88. The first-order chi connectivity index (χ1) is 12.0. The van der Waals surface area contributed by atoms with Crippen LogP contribution < -0.4 is 0 Å². The highest BCUT2D eigenvalue weighted by atomic mass is 16.5. The van der Waals surface area contributed by atoms with E-state index in [1.807, 2.05) is 13.8 Å².